The quantitative estimate of drug-likeness (QED) is 0.571. The molecule has 4 heteroatoms. The highest BCUT2D eigenvalue weighted by molar-refractivity contribution is 7.22. The van der Waals surface area contributed by atoms with Crippen molar-refractivity contribution in [2.75, 3.05) is 0 Å². The van der Waals surface area contributed by atoms with Crippen LogP contribution in [0.15, 0.2) is 24.3 Å². The number of rotatable bonds is 4. The van der Waals surface area contributed by atoms with Crippen LogP contribution in [0.4, 0.5) is 0 Å². The Balaban J connectivity index is 2.08. The minimum atomic E-state index is 0.460. The molecule has 0 fully saturated rings. The molecule has 0 aliphatic heterocycles. The summed E-state index contributed by atoms with van der Waals surface area (Å²) in [4.78, 5) is 12.3. The molecule has 1 aliphatic carbocycles. The summed E-state index contributed by atoms with van der Waals surface area (Å²) in [7, 11) is 0. The van der Waals surface area contributed by atoms with Gasteiger partial charge in [-0.25, -0.2) is 9.97 Å². The van der Waals surface area contributed by atoms with E-state index >= 15 is 0 Å². The van der Waals surface area contributed by atoms with Gasteiger partial charge in [0, 0.05) is 0 Å². The van der Waals surface area contributed by atoms with Crippen LogP contribution < -0.4 is 0 Å². The highest BCUT2D eigenvalue weighted by Crippen LogP contribution is 2.39. The van der Waals surface area contributed by atoms with Crippen molar-refractivity contribution in [3.05, 3.63) is 45.4 Å². The Morgan fingerprint density at radius 2 is 1.80 bits per heavy atom. The van der Waals surface area contributed by atoms with E-state index in [4.69, 9.17) is 9.97 Å². The third-order valence-electron chi connectivity index (χ3n) is 4.28. The Kier molecular flexibility index (Phi) is 5.50. The topological polar surface area (TPSA) is 25.8 Å². The Labute approximate surface area is 158 Å². The Hall–Kier alpha value is -1.78. The van der Waals surface area contributed by atoms with Crippen molar-refractivity contribution < 1.29 is 0 Å². The van der Waals surface area contributed by atoms with Crippen LogP contribution in [-0.4, -0.2) is 9.97 Å². The van der Waals surface area contributed by atoms with Crippen LogP contribution in [0.25, 0.3) is 33.3 Å². The SMILES string of the molecule is C/C=C(/C)c1sc(-c2nc3c(s2)C=CC(C)C=C3)nc1/C(C)=C\CC. The van der Waals surface area contributed by atoms with Crippen molar-refractivity contribution in [3.63, 3.8) is 0 Å². The van der Waals surface area contributed by atoms with E-state index in [2.05, 4.69) is 71.1 Å². The fourth-order valence-electron chi connectivity index (χ4n) is 2.70. The molecule has 0 saturated heterocycles. The van der Waals surface area contributed by atoms with Crippen molar-refractivity contribution in [1.29, 1.82) is 0 Å². The van der Waals surface area contributed by atoms with E-state index in [1.54, 1.807) is 22.7 Å². The molecule has 0 bridgehead atoms. The Morgan fingerprint density at radius 1 is 1.08 bits per heavy atom. The van der Waals surface area contributed by atoms with Crippen LogP contribution in [-0.2, 0) is 0 Å². The predicted octanol–water partition coefficient (Wildman–Crippen LogP) is 7.18. The summed E-state index contributed by atoms with van der Waals surface area (Å²) >= 11 is 3.48. The van der Waals surface area contributed by atoms with E-state index in [9.17, 15) is 0 Å². The minimum absolute atomic E-state index is 0.460. The maximum atomic E-state index is 4.96. The number of allylic oxidation sites excluding steroid dienone is 6. The van der Waals surface area contributed by atoms with E-state index in [1.807, 2.05) is 0 Å². The Morgan fingerprint density at radius 3 is 2.52 bits per heavy atom. The first kappa shape index (κ1) is 18.0. The number of hydrogen-bond acceptors (Lipinski definition) is 4. The molecule has 1 atom stereocenters. The highest BCUT2D eigenvalue weighted by Gasteiger charge is 2.19. The molecule has 0 N–H and O–H groups in total. The number of hydrogen-bond donors (Lipinski definition) is 0. The number of fused-ring (bicyclic) bond motifs is 1. The summed E-state index contributed by atoms with van der Waals surface area (Å²) in [6, 6.07) is 0. The average molecular weight is 369 g/mol. The first-order valence-electron chi connectivity index (χ1n) is 8.72. The van der Waals surface area contributed by atoms with Gasteiger partial charge in [-0.3, -0.25) is 0 Å². The van der Waals surface area contributed by atoms with Crippen molar-refractivity contribution in [3.8, 4) is 10.0 Å². The van der Waals surface area contributed by atoms with Crippen LogP contribution in [0.2, 0.25) is 0 Å². The molecule has 130 valence electrons. The number of nitrogens with zero attached hydrogens (tertiary/aromatic N) is 2. The standard InChI is InChI=1S/C21H24N2S2/c1-6-8-15(5)18-19(14(4)7-2)25-21(23-18)20-22-16-11-9-13(3)10-12-17(16)24-20/h7-13H,6H2,1-5H3/b14-7-,15-8-. The summed E-state index contributed by atoms with van der Waals surface area (Å²) in [6.45, 7) is 10.7. The third-order valence-corrected chi connectivity index (χ3v) is 6.64. The van der Waals surface area contributed by atoms with Gasteiger partial charge in [-0.2, -0.15) is 0 Å². The zero-order chi connectivity index (χ0) is 18.0. The molecular weight excluding hydrogens is 344 g/mol. The second-order valence-corrected chi connectivity index (χ2v) is 8.34. The van der Waals surface area contributed by atoms with Crippen LogP contribution >= 0.6 is 22.7 Å². The maximum Gasteiger partial charge on any atom is 0.153 e. The summed E-state index contributed by atoms with van der Waals surface area (Å²) in [5.74, 6) is 0.460. The van der Waals surface area contributed by atoms with Crippen molar-refractivity contribution >= 4 is 46.0 Å². The summed E-state index contributed by atoms with van der Waals surface area (Å²) in [6.07, 6.45) is 14.2. The van der Waals surface area contributed by atoms with E-state index in [-0.39, 0.29) is 0 Å². The second kappa shape index (κ2) is 7.63. The fourth-order valence-corrected chi connectivity index (χ4v) is 4.85. The van der Waals surface area contributed by atoms with Crippen molar-refractivity contribution in [2.45, 2.75) is 41.0 Å². The molecule has 25 heavy (non-hydrogen) atoms. The smallest absolute Gasteiger partial charge is 0.153 e. The van der Waals surface area contributed by atoms with Gasteiger partial charge in [0.15, 0.2) is 10.0 Å². The number of aromatic nitrogens is 2. The molecule has 2 aromatic rings. The molecule has 0 radical (unpaired) electrons. The molecule has 0 spiro atoms. The van der Waals surface area contributed by atoms with Crippen LogP contribution in [0.1, 0.15) is 62.2 Å². The van der Waals surface area contributed by atoms with Gasteiger partial charge in [0.25, 0.3) is 0 Å². The lowest BCUT2D eigenvalue weighted by molar-refractivity contribution is 0.953. The van der Waals surface area contributed by atoms with E-state index in [0.29, 0.717) is 5.92 Å². The Bertz CT molecular complexity index is 860. The zero-order valence-corrected chi connectivity index (χ0v) is 17.1. The molecule has 2 heterocycles. The van der Waals surface area contributed by atoms with Gasteiger partial charge in [0.1, 0.15) is 0 Å². The third kappa shape index (κ3) is 3.75. The predicted molar refractivity (Wildman–Crippen MR) is 114 cm³/mol. The highest BCUT2D eigenvalue weighted by atomic mass is 32.1. The summed E-state index contributed by atoms with van der Waals surface area (Å²) in [5.41, 5.74) is 4.67. The number of thiazole rings is 2. The van der Waals surface area contributed by atoms with Gasteiger partial charge >= 0.3 is 0 Å². The van der Waals surface area contributed by atoms with Crippen LogP contribution in [0.5, 0.6) is 0 Å². The normalized spacial score (nSPS) is 17.7. The van der Waals surface area contributed by atoms with Crippen molar-refractivity contribution in [1.82, 2.24) is 9.97 Å². The largest absolute Gasteiger partial charge is 0.233 e. The molecular formula is C21H24N2S2. The lowest BCUT2D eigenvalue weighted by Gasteiger charge is -2.01. The fraction of sp³-hybridized carbons (Fsp3) is 0.333. The molecule has 0 aromatic carbocycles. The second-order valence-electron chi connectivity index (χ2n) is 6.31. The minimum Gasteiger partial charge on any atom is -0.233 e. The molecule has 1 unspecified atom stereocenters. The summed E-state index contributed by atoms with van der Waals surface area (Å²) in [5, 5.41) is 2.03. The molecule has 0 saturated carbocycles. The zero-order valence-electron chi connectivity index (χ0n) is 15.5. The lowest BCUT2D eigenvalue weighted by atomic mass is 10.1. The van der Waals surface area contributed by atoms with Crippen LogP contribution in [0, 0.1) is 5.92 Å². The maximum absolute atomic E-state index is 4.96. The first-order valence-corrected chi connectivity index (χ1v) is 10.4. The average Bonchev–Trinajstić information content (AvgIpc) is 3.18. The van der Waals surface area contributed by atoms with Crippen molar-refractivity contribution in [2.24, 2.45) is 5.92 Å². The van der Waals surface area contributed by atoms with Gasteiger partial charge < -0.3 is 0 Å². The molecule has 0 amide bonds. The van der Waals surface area contributed by atoms with Gasteiger partial charge in [-0.05, 0) is 56.4 Å². The molecule has 2 nitrogen and oxygen atoms in total. The van der Waals surface area contributed by atoms with Crippen LogP contribution in [0.3, 0.4) is 0 Å². The summed E-state index contributed by atoms with van der Waals surface area (Å²) < 4.78 is 0. The van der Waals surface area contributed by atoms with Gasteiger partial charge in [0.05, 0.1) is 21.1 Å². The first-order chi connectivity index (χ1) is 12.0. The molecule has 2 aromatic heterocycles. The van der Waals surface area contributed by atoms with E-state index in [0.717, 1.165) is 27.8 Å². The van der Waals surface area contributed by atoms with Gasteiger partial charge in [0.2, 0.25) is 0 Å². The molecule has 1 aliphatic rings. The van der Waals surface area contributed by atoms with Gasteiger partial charge in [-0.15, -0.1) is 22.7 Å². The van der Waals surface area contributed by atoms with E-state index in [1.165, 1.54) is 20.9 Å². The monoisotopic (exact) mass is 368 g/mol. The van der Waals surface area contributed by atoms with Gasteiger partial charge in [-0.1, -0.05) is 38.2 Å². The molecule has 3 rings (SSSR count). The lowest BCUT2D eigenvalue weighted by Crippen LogP contribution is -1.86. The van der Waals surface area contributed by atoms with E-state index < -0.39 is 0 Å².